The summed E-state index contributed by atoms with van der Waals surface area (Å²) >= 11 is 13.6. The summed E-state index contributed by atoms with van der Waals surface area (Å²) in [6.45, 7) is 14.5. The van der Waals surface area contributed by atoms with Crippen molar-refractivity contribution in [2.24, 2.45) is 11.8 Å². The molecule has 0 heterocycles. The first-order chi connectivity index (χ1) is 19.0. The van der Waals surface area contributed by atoms with Crippen molar-refractivity contribution in [1.29, 1.82) is 0 Å². The van der Waals surface area contributed by atoms with Gasteiger partial charge in [0.25, 0.3) is 0 Å². The quantitative estimate of drug-likeness (QED) is 0.135. The minimum absolute atomic E-state index is 0.0720. The average Bonchev–Trinajstić information content (AvgIpc) is 3.72. The maximum absolute atomic E-state index is 9.61. The number of nitrogens with two attached hydrogens (primary N) is 1. The summed E-state index contributed by atoms with van der Waals surface area (Å²) in [6.07, 6.45) is 1.98. The molecule has 3 unspecified atom stereocenters. The third kappa shape index (κ3) is 6.52. The Morgan fingerprint density at radius 3 is 2.33 bits per heavy atom. The van der Waals surface area contributed by atoms with E-state index in [1.165, 1.54) is 5.56 Å². The summed E-state index contributed by atoms with van der Waals surface area (Å²) in [5, 5.41) is 12.8. The summed E-state index contributed by atoms with van der Waals surface area (Å²) in [6, 6.07) is 20.0. The molecule has 40 heavy (non-hydrogen) atoms. The Labute approximate surface area is 249 Å². The van der Waals surface area contributed by atoms with Crippen LogP contribution in [-0.2, 0) is 0 Å². The van der Waals surface area contributed by atoms with Crippen LogP contribution in [0.3, 0.4) is 0 Å². The van der Waals surface area contributed by atoms with Crippen molar-refractivity contribution in [3.63, 3.8) is 0 Å². The van der Waals surface area contributed by atoms with Crippen LogP contribution in [0.25, 0.3) is 11.3 Å². The molecule has 0 aliphatic heterocycles. The van der Waals surface area contributed by atoms with Crippen molar-refractivity contribution in [2.45, 2.75) is 65.3 Å². The number of nitrogens with zero attached hydrogens (tertiary/aromatic N) is 1. The van der Waals surface area contributed by atoms with Gasteiger partial charge in [-0.25, -0.2) is 5.84 Å². The second-order valence-electron chi connectivity index (χ2n) is 11.1. The number of hydrogen-bond acceptors (Lipinski definition) is 4. The van der Waals surface area contributed by atoms with E-state index < -0.39 is 0 Å². The molecule has 0 aromatic heterocycles. The highest BCUT2D eigenvalue weighted by atomic mass is 35.5. The number of hydrogen-bond donors (Lipinski definition) is 2. The highest BCUT2D eigenvalue weighted by molar-refractivity contribution is 6.32. The Balaban J connectivity index is 1.59. The van der Waals surface area contributed by atoms with E-state index in [2.05, 4.69) is 65.5 Å². The Hall–Kier alpha value is -2.92. The minimum atomic E-state index is 0.0720. The predicted molar refractivity (Wildman–Crippen MR) is 169 cm³/mol. The van der Waals surface area contributed by atoms with E-state index in [1.807, 2.05) is 36.4 Å². The molecule has 4 nitrogen and oxygen atoms in total. The molecule has 3 atom stereocenters. The van der Waals surface area contributed by atoms with Gasteiger partial charge in [0.15, 0.2) is 0 Å². The second-order valence-corrected chi connectivity index (χ2v) is 11.9. The van der Waals surface area contributed by atoms with E-state index in [4.69, 9.17) is 33.8 Å². The van der Waals surface area contributed by atoms with Gasteiger partial charge >= 0.3 is 0 Å². The van der Waals surface area contributed by atoms with Gasteiger partial charge in [0.05, 0.1) is 5.70 Å². The Kier molecular flexibility index (Phi) is 9.56. The van der Waals surface area contributed by atoms with Crippen LogP contribution in [0.4, 0.5) is 0 Å². The Morgan fingerprint density at radius 1 is 1.05 bits per heavy atom. The van der Waals surface area contributed by atoms with Gasteiger partial charge in [-0.2, -0.15) is 0 Å². The standard InChI is InChI=1S/C34H40Cl2N2O2/c1-7-21(4)34(33-22(5)9-8-10-30(33)35)32(38(37)20(2)3)19-40-26-15-16-27(31(36)17-26)29-18-28(29)25-13-11-24(12-14-25)23(6)39/h8-17,20-21,28-29,39H,6-7,18-19,37H2,1-5H3/b34-32+. The lowest BCUT2D eigenvalue weighted by molar-refractivity contribution is 0.235. The lowest BCUT2D eigenvalue weighted by atomic mass is 9.87. The number of hydrazine groups is 1. The third-order valence-electron chi connectivity index (χ3n) is 7.98. The summed E-state index contributed by atoms with van der Waals surface area (Å²) in [5.74, 6) is 8.44. The van der Waals surface area contributed by atoms with Gasteiger partial charge in [-0.1, -0.05) is 86.1 Å². The molecule has 1 aliphatic rings. The summed E-state index contributed by atoms with van der Waals surface area (Å²) in [7, 11) is 0. The predicted octanol–water partition coefficient (Wildman–Crippen LogP) is 9.52. The van der Waals surface area contributed by atoms with E-state index in [9.17, 15) is 5.11 Å². The average molecular weight is 580 g/mol. The maximum Gasteiger partial charge on any atom is 0.130 e. The summed E-state index contributed by atoms with van der Waals surface area (Å²) in [5.41, 5.74) is 7.27. The van der Waals surface area contributed by atoms with Crippen LogP contribution < -0.4 is 10.6 Å². The highest BCUT2D eigenvalue weighted by Gasteiger charge is 2.40. The smallest absolute Gasteiger partial charge is 0.130 e. The third-order valence-corrected chi connectivity index (χ3v) is 8.63. The number of halogens is 2. The Bertz CT molecular complexity index is 1380. The zero-order valence-corrected chi connectivity index (χ0v) is 25.6. The molecule has 0 saturated heterocycles. The van der Waals surface area contributed by atoms with Crippen LogP contribution in [0.5, 0.6) is 5.75 Å². The van der Waals surface area contributed by atoms with Crippen molar-refractivity contribution in [3.05, 3.63) is 111 Å². The zero-order chi connectivity index (χ0) is 29.1. The van der Waals surface area contributed by atoms with E-state index >= 15 is 0 Å². The number of rotatable bonds is 11. The van der Waals surface area contributed by atoms with Crippen molar-refractivity contribution >= 4 is 34.5 Å². The summed E-state index contributed by atoms with van der Waals surface area (Å²) in [4.78, 5) is 0. The molecule has 1 aliphatic carbocycles. The van der Waals surface area contributed by atoms with Crippen molar-refractivity contribution < 1.29 is 9.84 Å². The summed E-state index contributed by atoms with van der Waals surface area (Å²) < 4.78 is 6.36. The largest absolute Gasteiger partial charge is 0.508 e. The van der Waals surface area contributed by atoms with Crippen molar-refractivity contribution in [3.8, 4) is 5.75 Å². The molecule has 0 amide bonds. The lowest BCUT2D eigenvalue weighted by Gasteiger charge is -2.32. The molecule has 0 bridgehead atoms. The fraction of sp³-hybridized carbons (Fsp3) is 0.353. The lowest BCUT2D eigenvalue weighted by Crippen LogP contribution is -2.40. The van der Waals surface area contributed by atoms with E-state index in [0.717, 1.165) is 46.4 Å². The van der Waals surface area contributed by atoms with Crippen LogP contribution >= 0.6 is 23.2 Å². The van der Waals surface area contributed by atoms with Crippen LogP contribution in [-0.4, -0.2) is 22.8 Å². The van der Waals surface area contributed by atoms with Crippen molar-refractivity contribution in [1.82, 2.24) is 5.01 Å². The number of aliphatic hydroxyl groups excluding tert-OH is 1. The number of aliphatic hydroxyl groups is 1. The monoisotopic (exact) mass is 578 g/mol. The second kappa shape index (κ2) is 12.7. The van der Waals surface area contributed by atoms with Crippen LogP contribution in [0.1, 0.15) is 80.2 Å². The Morgan fingerprint density at radius 2 is 1.75 bits per heavy atom. The number of benzene rings is 3. The fourth-order valence-corrected chi connectivity index (χ4v) is 5.97. The molecule has 6 heteroatoms. The highest BCUT2D eigenvalue weighted by Crippen LogP contribution is 2.56. The molecule has 4 rings (SSSR count). The molecule has 1 saturated carbocycles. The zero-order valence-electron chi connectivity index (χ0n) is 24.0. The minimum Gasteiger partial charge on any atom is -0.508 e. The first kappa shape index (κ1) is 30.0. The molecule has 0 radical (unpaired) electrons. The molecule has 0 spiro atoms. The van der Waals surface area contributed by atoms with Gasteiger partial charge in [0, 0.05) is 27.2 Å². The molecular formula is C34H40Cl2N2O2. The number of ether oxygens (including phenoxy) is 1. The van der Waals surface area contributed by atoms with E-state index in [-0.39, 0.29) is 17.7 Å². The SMILES string of the molecule is C=C(O)c1ccc(C2CC2c2ccc(OC/C(=C(\c3c(C)cccc3Cl)C(C)CC)N(N)C(C)C)cc2Cl)cc1. The van der Waals surface area contributed by atoms with Gasteiger partial charge in [-0.05, 0) is 91.8 Å². The van der Waals surface area contributed by atoms with Crippen LogP contribution in [0.15, 0.2) is 72.9 Å². The molecule has 3 aromatic rings. The molecule has 3 N–H and O–H groups in total. The van der Waals surface area contributed by atoms with Gasteiger partial charge < -0.3 is 14.9 Å². The van der Waals surface area contributed by atoms with Gasteiger partial charge in [-0.15, -0.1) is 0 Å². The maximum atomic E-state index is 9.61. The molecule has 1 fully saturated rings. The number of allylic oxidation sites excluding steroid dienone is 1. The van der Waals surface area contributed by atoms with Crippen LogP contribution in [0.2, 0.25) is 10.0 Å². The topological polar surface area (TPSA) is 58.7 Å². The number of aryl methyl sites for hydroxylation is 1. The molecular weight excluding hydrogens is 539 g/mol. The van der Waals surface area contributed by atoms with E-state index in [0.29, 0.717) is 34.2 Å². The first-order valence-corrected chi connectivity index (χ1v) is 14.7. The fourth-order valence-electron chi connectivity index (χ4n) is 5.34. The molecule has 3 aromatic carbocycles. The van der Waals surface area contributed by atoms with Gasteiger partial charge in [-0.3, -0.25) is 0 Å². The van der Waals surface area contributed by atoms with Crippen molar-refractivity contribution in [2.75, 3.05) is 6.61 Å². The van der Waals surface area contributed by atoms with Crippen LogP contribution in [0, 0.1) is 12.8 Å². The molecule has 212 valence electrons. The normalized spacial score (nSPS) is 17.8. The first-order valence-electron chi connectivity index (χ1n) is 14.0. The van der Waals surface area contributed by atoms with Gasteiger partial charge in [0.1, 0.15) is 18.1 Å². The van der Waals surface area contributed by atoms with E-state index in [1.54, 1.807) is 5.01 Å². The van der Waals surface area contributed by atoms with Gasteiger partial charge in [0.2, 0.25) is 0 Å².